The lowest BCUT2D eigenvalue weighted by atomic mass is 9.70. The molecule has 3 aromatic rings. The zero-order chi connectivity index (χ0) is 27.0. The van der Waals surface area contributed by atoms with Crippen LogP contribution in [0.5, 0.6) is 0 Å². The van der Waals surface area contributed by atoms with Gasteiger partial charge in [-0.1, -0.05) is 26.0 Å². The Morgan fingerprint density at radius 3 is 2.24 bits per heavy atom. The summed E-state index contributed by atoms with van der Waals surface area (Å²) in [5, 5.41) is 28.8. The van der Waals surface area contributed by atoms with Crippen molar-refractivity contribution >= 4 is 11.7 Å². The normalized spacial score (nSPS) is 27.3. The molecule has 38 heavy (non-hydrogen) atoms. The molecule has 196 valence electrons. The fraction of sp³-hybridized carbons (Fsp3) is 0.393. The van der Waals surface area contributed by atoms with Crippen molar-refractivity contribution < 1.29 is 18.7 Å². The second kappa shape index (κ2) is 10.1. The number of anilines is 1. The highest BCUT2D eigenvalue weighted by molar-refractivity contribution is 5.81. The molecule has 8 nitrogen and oxygen atoms in total. The molecule has 1 unspecified atom stereocenters. The van der Waals surface area contributed by atoms with Gasteiger partial charge in [0.15, 0.2) is 11.5 Å². The van der Waals surface area contributed by atoms with Crippen LogP contribution < -0.4 is 4.90 Å². The third kappa shape index (κ3) is 4.58. The second-order valence-corrected chi connectivity index (χ2v) is 10.3. The van der Waals surface area contributed by atoms with Gasteiger partial charge < -0.3 is 14.9 Å². The summed E-state index contributed by atoms with van der Waals surface area (Å²) in [6, 6.07) is 14.0. The van der Waals surface area contributed by atoms with Crippen LogP contribution in [0.25, 0.3) is 0 Å². The molecular weight excluding hydrogens is 490 g/mol. The van der Waals surface area contributed by atoms with Gasteiger partial charge >= 0.3 is 0 Å². The van der Waals surface area contributed by atoms with Crippen molar-refractivity contribution in [2.24, 2.45) is 17.8 Å². The van der Waals surface area contributed by atoms with Gasteiger partial charge in [0.05, 0.1) is 17.7 Å². The van der Waals surface area contributed by atoms with Crippen molar-refractivity contribution in [3.8, 4) is 6.07 Å². The van der Waals surface area contributed by atoms with E-state index in [1.165, 1.54) is 18.2 Å². The molecule has 1 N–H and O–H groups in total. The molecule has 10 heteroatoms. The molecule has 4 heterocycles. The van der Waals surface area contributed by atoms with Gasteiger partial charge in [0.1, 0.15) is 17.7 Å². The maximum atomic E-state index is 14.0. The van der Waals surface area contributed by atoms with Crippen molar-refractivity contribution in [3.63, 3.8) is 0 Å². The van der Waals surface area contributed by atoms with E-state index in [0.29, 0.717) is 43.3 Å². The molecule has 0 bridgehead atoms. The van der Waals surface area contributed by atoms with Crippen LogP contribution in [-0.4, -0.2) is 57.3 Å². The maximum absolute atomic E-state index is 14.0. The lowest BCUT2D eigenvalue weighted by Gasteiger charge is -2.48. The Bertz CT molecular complexity index is 1330. The number of carbonyl (C=O) groups is 1. The Morgan fingerprint density at radius 1 is 0.974 bits per heavy atom. The number of piperidine rings is 1. The molecule has 1 aromatic carbocycles. The molecule has 2 aromatic heterocycles. The predicted molar refractivity (Wildman–Crippen MR) is 135 cm³/mol. The number of nitrogens with zero attached hydrogens (tertiary/aromatic N) is 6. The van der Waals surface area contributed by atoms with E-state index >= 15 is 0 Å². The molecule has 2 aliphatic heterocycles. The fourth-order valence-electron chi connectivity index (χ4n) is 5.90. The van der Waals surface area contributed by atoms with Gasteiger partial charge in [-0.2, -0.15) is 5.26 Å². The highest BCUT2D eigenvalue weighted by Crippen LogP contribution is 2.43. The van der Waals surface area contributed by atoms with Crippen molar-refractivity contribution in [2.75, 3.05) is 31.1 Å². The lowest BCUT2D eigenvalue weighted by Crippen LogP contribution is -2.57. The van der Waals surface area contributed by atoms with Crippen LogP contribution in [0.4, 0.5) is 14.6 Å². The Labute approximate surface area is 219 Å². The van der Waals surface area contributed by atoms with Gasteiger partial charge in [-0.3, -0.25) is 9.78 Å². The average molecular weight is 519 g/mol. The molecule has 0 aliphatic carbocycles. The summed E-state index contributed by atoms with van der Waals surface area (Å²) in [7, 11) is 0. The van der Waals surface area contributed by atoms with E-state index in [9.17, 15) is 18.7 Å². The third-order valence-corrected chi connectivity index (χ3v) is 7.97. The Morgan fingerprint density at radius 2 is 1.66 bits per heavy atom. The van der Waals surface area contributed by atoms with Crippen LogP contribution in [0.1, 0.15) is 36.7 Å². The SMILES string of the molecule is C[C@@H]1CN(C(=O)[C@@H]2CN(c3ccc(C#N)nn3)C[C@H]2c2ccc(F)cn2)C[C@H](C)C1(O)c1ccc(F)cc1. The first-order valence-electron chi connectivity index (χ1n) is 12.6. The Kier molecular flexibility index (Phi) is 6.80. The molecule has 1 amide bonds. The highest BCUT2D eigenvalue weighted by atomic mass is 19.1. The van der Waals surface area contributed by atoms with E-state index in [1.807, 2.05) is 24.8 Å². The van der Waals surface area contributed by atoms with E-state index in [-0.39, 0.29) is 35.2 Å². The molecule has 5 rings (SSSR count). The monoisotopic (exact) mass is 518 g/mol. The highest BCUT2D eigenvalue weighted by Gasteiger charge is 2.49. The minimum absolute atomic E-state index is 0.0786. The predicted octanol–water partition coefficient (Wildman–Crippen LogP) is 3.24. The topological polar surface area (TPSA) is 106 Å². The number of carbonyl (C=O) groups excluding carboxylic acids is 1. The van der Waals surface area contributed by atoms with E-state index < -0.39 is 17.3 Å². The second-order valence-electron chi connectivity index (χ2n) is 10.3. The van der Waals surface area contributed by atoms with E-state index in [2.05, 4.69) is 15.2 Å². The summed E-state index contributed by atoms with van der Waals surface area (Å²) < 4.78 is 27.1. The van der Waals surface area contributed by atoms with Gasteiger partial charge in [0.25, 0.3) is 0 Å². The number of benzene rings is 1. The van der Waals surface area contributed by atoms with Crippen molar-refractivity contribution in [1.29, 1.82) is 5.26 Å². The zero-order valence-electron chi connectivity index (χ0n) is 21.1. The van der Waals surface area contributed by atoms with Crippen LogP contribution in [-0.2, 0) is 10.4 Å². The van der Waals surface area contributed by atoms with Gasteiger partial charge in [-0.15, -0.1) is 10.2 Å². The summed E-state index contributed by atoms with van der Waals surface area (Å²) >= 11 is 0. The molecular formula is C28H28F2N6O2. The summed E-state index contributed by atoms with van der Waals surface area (Å²) in [6.07, 6.45) is 1.15. The number of hydrogen-bond donors (Lipinski definition) is 1. The number of aromatic nitrogens is 3. The summed E-state index contributed by atoms with van der Waals surface area (Å²) in [6.45, 7) is 5.22. The Hall–Kier alpha value is -3.97. The van der Waals surface area contributed by atoms with Crippen LogP contribution >= 0.6 is 0 Å². The van der Waals surface area contributed by atoms with Crippen molar-refractivity contribution in [1.82, 2.24) is 20.1 Å². The standard InChI is InChI=1S/C28H28F2N6O2/c1-17-13-36(14-18(2)28(17,38)19-3-5-20(29)6-4-19)27(37)24-16-35(26-10-8-22(11-31)33-34-26)15-23(24)25-9-7-21(30)12-32-25/h3-10,12,17-18,23-24,38H,13-16H2,1-2H3/t17-,18+,23-,24-,28?/m1/s1. The number of rotatable bonds is 4. The lowest BCUT2D eigenvalue weighted by molar-refractivity contribution is -0.152. The van der Waals surface area contributed by atoms with E-state index in [4.69, 9.17) is 5.26 Å². The molecule has 2 aliphatic rings. The van der Waals surface area contributed by atoms with Gasteiger partial charge in [-0.25, -0.2) is 8.78 Å². The number of halogens is 2. The zero-order valence-corrected chi connectivity index (χ0v) is 21.1. The number of aliphatic hydroxyl groups is 1. The fourth-order valence-corrected chi connectivity index (χ4v) is 5.90. The van der Waals surface area contributed by atoms with Gasteiger partial charge in [-0.05, 0) is 42.0 Å². The smallest absolute Gasteiger partial charge is 0.228 e. The molecule has 5 atom stereocenters. The van der Waals surface area contributed by atoms with Crippen LogP contribution in [0.3, 0.4) is 0 Å². The first kappa shape index (κ1) is 25.7. The van der Waals surface area contributed by atoms with Crippen LogP contribution in [0, 0.1) is 40.7 Å². The maximum Gasteiger partial charge on any atom is 0.228 e. The molecule has 0 spiro atoms. The minimum Gasteiger partial charge on any atom is -0.384 e. The van der Waals surface area contributed by atoms with Gasteiger partial charge in [0.2, 0.25) is 5.91 Å². The number of nitriles is 1. The van der Waals surface area contributed by atoms with Crippen molar-refractivity contribution in [3.05, 3.63) is 83.3 Å². The Balaban J connectivity index is 1.40. The molecule has 2 fully saturated rings. The summed E-state index contributed by atoms with van der Waals surface area (Å²) in [5.74, 6) is -1.77. The van der Waals surface area contributed by atoms with Crippen LogP contribution in [0.15, 0.2) is 54.7 Å². The first-order chi connectivity index (χ1) is 18.2. The quantitative estimate of drug-likeness (QED) is 0.565. The van der Waals surface area contributed by atoms with E-state index in [1.54, 1.807) is 35.2 Å². The first-order valence-corrected chi connectivity index (χ1v) is 12.6. The number of likely N-dealkylation sites (tertiary alicyclic amines) is 1. The third-order valence-electron chi connectivity index (χ3n) is 7.97. The largest absolute Gasteiger partial charge is 0.384 e. The minimum atomic E-state index is -1.21. The number of pyridine rings is 1. The van der Waals surface area contributed by atoms with Crippen molar-refractivity contribution in [2.45, 2.75) is 25.4 Å². The van der Waals surface area contributed by atoms with E-state index in [0.717, 1.165) is 6.20 Å². The average Bonchev–Trinajstić information content (AvgIpc) is 3.37. The molecule has 0 radical (unpaired) electrons. The van der Waals surface area contributed by atoms with Crippen LogP contribution in [0.2, 0.25) is 0 Å². The summed E-state index contributed by atoms with van der Waals surface area (Å²) in [4.78, 5) is 22.0. The number of amides is 1. The summed E-state index contributed by atoms with van der Waals surface area (Å²) in [5.41, 5.74) is 0.227. The molecule has 2 saturated heterocycles. The van der Waals surface area contributed by atoms with Gasteiger partial charge in [0, 0.05) is 49.6 Å². The number of hydrogen-bond acceptors (Lipinski definition) is 7. The molecule has 0 saturated carbocycles.